The second kappa shape index (κ2) is 8.44. The number of thioether (sulfide) groups is 1. The number of methoxy groups -OCH3 is 2. The van der Waals surface area contributed by atoms with E-state index in [1.165, 1.54) is 18.2 Å². The predicted octanol–water partition coefficient (Wildman–Crippen LogP) is 3.14. The number of carbonyl (C=O) groups excluding carboxylic acids is 1. The Hall–Kier alpha value is -2.22. The van der Waals surface area contributed by atoms with E-state index in [2.05, 4.69) is 20.1 Å². The lowest BCUT2D eigenvalue weighted by atomic mass is 10.2. The molecule has 0 radical (unpaired) electrons. The lowest BCUT2D eigenvalue weighted by Crippen LogP contribution is -2.23. The quantitative estimate of drug-likeness (QED) is 0.781. The van der Waals surface area contributed by atoms with Gasteiger partial charge in [0.2, 0.25) is 5.91 Å². The number of aromatic nitrogens is 3. The maximum atomic E-state index is 12.6. The van der Waals surface area contributed by atoms with Crippen molar-refractivity contribution in [2.75, 3.05) is 19.5 Å². The number of nitrogens with zero attached hydrogens (tertiary/aromatic N) is 3. The number of hydrogen-bond donors (Lipinski definition) is 1. The minimum atomic E-state index is -0.292. The highest BCUT2D eigenvalue weighted by atomic mass is 32.2. The third-order valence-corrected chi connectivity index (χ3v) is 5.46. The van der Waals surface area contributed by atoms with Crippen LogP contribution in [0.1, 0.15) is 32.0 Å². The van der Waals surface area contributed by atoms with Crippen molar-refractivity contribution in [3.8, 4) is 11.5 Å². The summed E-state index contributed by atoms with van der Waals surface area (Å²) in [4.78, 5) is 12.6. The molecule has 0 aliphatic carbocycles. The summed E-state index contributed by atoms with van der Waals surface area (Å²) in [6.45, 7) is 2.80. The average Bonchev–Trinajstić information content (AvgIpc) is 2.88. The number of nitrogens with one attached hydrogen (secondary N) is 1. The Balaban J connectivity index is 1.66. The molecule has 2 aromatic rings. The number of benzene rings is 1. The molecule has 1 amide bonds. The second-order valence-electron chi connectivity index (χ2n) is 6.18. The summed E-state index contributed by atoms with van der Waals surface area (Å²) < 4.78 is 12.6. The number of ether oxygens (including phenoxy) is 2. The van der Waals surface area contributed by atoms with Crippen LogP contribution in [0.2, 0.25) is 0 Å². The van der Waals surface area contributed by atoms with Crippen LogP contribution in [0.5, 0.6) is 11.5 Å². The lowest BCUT2D eigenvalue weighted by Gasteiger charge is -2.14. The van der Waals surface area contributed by atoms with E-state index >= 15 is 0 Å². The molecule has 1 aromatic heterocycles. The Morgan fingerprint density at radius 2 is 2.00 bits per heavy atom. The van der Waals surface area contributed by atoms with Crippen LogP contribution in [0.15, 0.2) is 23.4 Å². The molecule has 1 aliphatic heterocycles. The fraction of sp³-hybridized carbons (Fsp3) is 0.500. The molecule has 0 fully saturated rings. The van der Waals surface area contributed by atoms with Crippen LogP contribution in [0, 0.1) is 0 Å². The van der Waals surface area contributed by atoms with Crippen LogP contribution in [0.3, 0.4) is 0 Å². The van der Waals surface area contributed by atoms with Gasteiger partial charge in [-0.3, -0.25) is 4.79 Å². The highest BCUT2D eigenvalue weighted by Gasteiger charge is 2.21. The Labute approximate surface area is 157 Å². The maximum absolute atomic E-state index is 12.6. The van der Waals surface area contributed by atoms with Gasteiger partial charge in [-0.05, 0) is 31.9 Å². The van der Waals surface area contributed by atoms with Gasteiger partial charge in [-0.15, -0.1) is 10.2 Å². The number of rotatable bonds is 6. The third kappa shape index (κ3) is 4.12. The first-order valence-corrected chi connectivity index (χ1v) is 9.62. The maximum Gasteiger partial charge on any atom is 0.237 e. The first kappa shape index (κ1) is 18.6. The number of amides is 1. The van der Waals surface area contributed by atoms with Crippen LogP contribution in [-0.2, 0) is 17.8 Å². The van der Waals surface area contributed by atoms with Gasteiger partial charge in [0.25, 0.3) is 0 Å². The molecule has 0 saturated carbocycles. The molecule has 1 aromatic carbocycles. The van der Waals surface area contributed by atoms with E-state index in [-0.39, 0.29) is 11.2 Å². The van der Waals surface area contributed by atoms with Crippen LogP contribution >= 0.6 is 11.8 Å². The Morgan fingerprint density at radius 3 is 2.77 bits per heavy atom. The van der Waals surface area contributed by atoms with Crippen LogP contribution < -0.4 is 14.8 Å². The number of anilines is 1. The molecule has 0 bridgehead atoms. The number of fused-ring (bicyclic) bond motifs is 1. The Morgan fingerprint density at radius 1 is 1.19 bits per heavy atom. The van der Waals surface area contributed by atoms with E-state index in [9.17, 15) is 4.79 Å². The van der Waals surface area contributed by atoms with Crippen molar-refractivity contribution in [3.05, 3.63) is 24.0 Å². The van der Waals surface area contributed by atoms with Gasteiger partial charge < -0.3 is 19.4 Å². The number of carbonyl (C=O) groups is 1. The predicted molar refractivity (Wildman–Crippen MR) is 101 cm³/mol. The molecule has 1 aliphatic rings. The van der Waals surface area contributed by atoms with E-state index < -0.39 is 0 Å². The molecule has 2 heterocycles. The van der Waals surface area contributed by atoms with Gasteiger partial charge in [-0.2, -0.15) is 0 Å². The van der Waals surface area contributed by atoms with E-state index in [1.54, 1.807) is 32.4 Å². The summed E-state index contributed by atoms with van der Waals surface area (Å²) >= 11 is 1.44. The molecule has 1 N–H and O–H groups in total. The van der Waals surface area contributed by atoms with E-state index in [0.29, 0.717) is 17.2 Å². The summed E-state index contributed by atoms with van der Waals surface area (Å²) in [7, 11) is 3.15. The summed E-state index contributed by atoms with van der Waals surface area (Å²) in [6, 6.07) is 5.31. The highest BCUT2D eigenvalue weighted by molar-refractivity contribution is 8.00. The van der Waals surface area contributed by atoms with Gasteiger partial charge in [-0.1, -0.05) is 18.2 Å². The van der Waals surface area contributed by atoms with Gasteiger partial charge in [0.1, 0.15) is 5.82 Å². The molecule has 7 nitrogen and oxygen atoms in total. The van der Waals surface area contributed by atoms with Crippen LogP contribution in [-0.4, -0.2) is 40.1 Å². The monoisotopic (exact) mass is 376 g/mol. The summed E-state index contributed by atoms with van der Waals surface area (Å²) in [5, 5.41) is 12.0. The lowest BCUT2D eigenvalue weighted by molar-refractivity contribution is -0.115. The molecular weight excluding hydrogens is 352 g/mol. The summed E-state index contributed by atoms with van der Waals surface area (Å²) in [5.74, 6) is 2.14. The molecule has 26 heavy (non-hydrogen) atoms. The van der Waals surface area contributed by atoms with Crippen molar-refractivity contribution < 1.29 is 14.3 Å². The molecular formula is C18H24N4O3S. The van der Waals surface area contributed by atoms with Gasteiger partial charge in [0.15, 0.2) is 16.7 Å². The smallest absolute Gasteiger partial charge is 0.237 e. The molecule has 8 heteroatoms. The minimum absolute atomic E-state index is 0.0896. The SMILES string of the molecule is COc1ccc(NC(=O)C(C)Sc2nnc3n2CCCCC3)cc1OC. The highest BCUT2D eigenvalue weighted by Crippen LogP contribution is 2.31. The third-order valence-electron chi connectivity index (χ3n) is 4.38. The van der Waals surface area contributed by atoms with E-state index in [0.717, 1.165) is 36.8 Å². The largest absolute Gasteiger partial charge is 0.493 e. The number of aryl methyl sites for hydroxylation is 1. The van der Waals surface area contributed by atoms with Gasteiger partial charge in [0, 0.05) is 24.7 Å². The molecule has 3 rings (SSSR count). The molecule has 0 spiro atoms. The van der Waals surface area contributed by atoms with Crippen LogP contribution in [0.4, 0.5) is 5.69 Å². The fourth-order valence-corrected chi connectivity index (χ4v) is 3.81. The normalized spacial score (nSPS) is 14.9. The van der Waals surface area contributed by atoms with E-state index in [4.69, 9.17) is 9.47 Å². The first-order chi connectivity index (χ1) is 12.6. The van der Waals surface area contributed by atoms with Crippen molar-refractivity contribution in [3.63, 3.8) is 0 Å². The zero-order valence-electron chi connectivity index (χ0n) is 15.3. The zero-order valence-corrected chi connectivity index (χ0v) is 16.1. The summed E-state index contributed by atoms with van der Waals surface area (Å²) in [5.41, 5.74) is 0.667. The number of hydrogen-bond acceptors (Lipinski definition) is 6. The second-order valence-corrected chi connectivity index (χ2v) is 7.49. The van der Waals surface area contributed by atoms with Crippen molar-refractivity contribution in [2.24, 2.45) is 0 Å². The van der Waals surface area contributed by atoms with Gasteiger partial charge in [0.05, 0.1) is 19.5 Å². The Kier molecular flexibility index (Phi) is 6.03. The van der Waals surface area contributed by atoms with Gasteiger partial charge in [-0.25, -0.2) is 0 Å². The van der Waals surface area contributed by atoms with Gasteiger partial charge >= 0.3 is 0 Å². The average molecular weight is 376 g/mol. The first-order valence-electron chi connectivity index (χ1n) is 8.74. The van der Waals surface area contributed by atoms with Crippen LogP contribution in [0.25, 0.3) is 0 Å². The standard InChI is InChI=1S/C18H24N4O3S/c1-12(26-18-21-20-16-7-5-4-6-10-22(16)18)17(23)19-13-8-9-14(24-2)15(11-13)25-3/h8-9,11-12H,4-7,10H2,1-3H3,(H,19,23). The van der Waals surface area contributed by atoms with Crippen molar-refractivity contribution in [1.82, 2.24) is 14.8 Å². The summed E-state index contributed by atoms with van der Waals surface area (Å²) in [6.07, 6.45) is 4.45. The molecule has 0 saturated heterocycles. The fourth-order valence-electron chi connectivity index (χ4n) is 2.92. The topological polar surface area (TPSA) is 78.3 Å². The zero-order chi connectivity index (χ0) is 18.5. The minimum Gasteiger partial charge on any atom is -0.493 e. The molecule has 1 atom stereocenters. The molecule has 1 unspecified atom stereocenters. The van der Waals surface area contributed by atoms with Crippen molar-refractivity contribution in [2.45, 2.75) is 49.6 Å². The van der Waals surface area contributed by atoms with Crippen molar-refractivity contribution in [1.29, 1.82) is 0 Å². The van der Waals surface area contributed by atoms with E-state index in [1.807, 2.05) is 6.92 Å². The van der Waals surface area contributed by atoms with Crippen molar-refractivity contribution >= 4 is 23.4 Å². The molecule has 140 valence electrons. The Bertz CT molecular complexity index is 778.